The van der Waals surface area contributed by atoms with Gasteiger partial charge in [-0.25, -0.2) is 4.98 Å². The van der Waals surface area contributed by atoms with Crippen LogP contribution in [0.15, 0.2) is 34.2 Å². The summed E-state index contributed by atoms with van der Waals surface area (Å²) in [6.45, 7) is 2.69. The number of hydrogen-bond donors (Lipinski definition) is 1. The topological polar surface area (TPSA) is 64.3 Å². The van der Waals surface area contributed by atoms with Crippen molar-refractivity contribution < 1.29 is 9.84 Å². The van der Waals surface area contributed by atoms with Crippen LogP contribution in [0, 0.1) is 0 Å². The fourth-order valence-electron chi connectivity index (χ4n) is 3.60. The Bertz CT molecular complexity index is 1020. The number of hydrogen-bond acceptors (Lipinski definition) is 6. The van der Waals surface area contributed by atoms with Crippen molar-refractivity contribution >= 4 is 33.3 Å². The molecule has 0 radical (unpaired) electrons. The highest BCUT2D eigenvalue weighted by Gasteiger charge is 2.22. The van der Waals surface area contributed by atoms with E-state index in [1.165, 1.54) is 28.6 Å². The van der Waals surface area contributed by atoms with Crippen molar-refractivity contribution in [3.63, 3.8) is 0 Å². The van der Waals surface area contributed by atoms with Crippen molar-refractivity contribution in [1.82, 2.24) is 9.55 Å². The fourth-order valence-corrected chi connectivity index (χ4v) is 5.84. The molecular formula is C21H24N2O3S2. The highest BCUT2D eigenvalue weighted by Crippen LogP contribution is 2.35. The minimum atomic E-state index is 0.0139. The highest BCUT2D eigenvalue weighted by atomic mass is 32.2. The second-order valence-corrected chi connectivity index (χ2v) is 8.92. The van der Waals surface area contributed by atoms with Crippen molar-refractivity contribution in [3.05, 3.63) is 45.1 Å². The van der Waals surface area contributed by atoms with Crippen molar-refractivity contribution in [3.8, 4) is 11.4 Å². The molecule has 1 N–H and O–H groups in total. The van der Waals surface area contributed by atoms with Crippen LogP contribution in [0.3, 0.4) is 0 Å². The summed E-state index contributed by atoms with van der Waals surface area (Å²) in [5.41, 5.74) is 2.01. The van der Waals surface area contributed by atoms with Crippen molar-refractivity contribution in [2.75, 3.05) is 19.0 Å². The Labute approximate surface area is 172 Å². The number of ether oxygens (including phenoxy) is 1. The van der Waals surface area contributed by atoms with Crippen LogP contribution in [0.1, 0.15) is 36.6 Å². The molecule has 7 heteroatoms. The van der Waals surface area contributed by atoms with Gasteiger partial charge in [0, 0.05) is 17.2 Å². The highest BCUT2D eigenvalue weighted by molar-refractivity contribution is 7.99. The van der Waals surface area contributed by atoms with Gasteiger partial charge in [0.15, 0.2) is 5.16 Å². The maximum atomic E-state index is 13.6. The number of aromatic nitrogens is 2. The molecule has 0 atom stereocenters. The van der Waals surface area contributed by atoms with Crippen molar-refractivity contribution in [1.29, 1.82) is 0 Å². The monoisotopic (exact) mass is 416 g/mol. The summed E-state index contributed by atoms with van der Waals surface area (Å²) in [6, 6.07) is 7.60. The second-order valence-electron chi connectivity index (χ2n) is 6.78. The Hall–Kier alpha value is -1.83. The van der Waals surface area contributed by atoms with Gasteiger partial charge in [-0.15, -0.1) is 11.3 Å². The van der Waals surface area contributed by atoms with Gasteiger partial charge in [0.25, 0.3) is 5.56 Å². The van der Waals surface area contributed by atoms with Gasteiger partial charge in [0.05, 0.1) is 17.7 Å². The van der Waals surface area contributed by atoms with E-state index < -0.39 is 0 Å². The number of aliphatic hydroxyl groups is 1. The first-order valence-electron chi connectivity index (χ1n) is 9.77. The Morgan fingerprint density at radius 2 is 2.04 bits per heavy atom. The lowest BCUT2D eigenvalue weighted by Crippen LogP contribution is -2.22. The Kier molecular flexibility index (Phi) is 6.04. The molecule has 4 rings (SSSR count). The zero-order chi connectivity index (χ0) is 19.5. The number of aryl methyl sites for hydroxylation is 2. The van der Waals surface area contributed by atoms with E-state index in [-0.39, 0.29) is 12.2 Å². The second kappa shape index (κ2) is 8.68. The fraction of sp³-hybridized carbons (Fsp3) is 0.429. The van der Waals surface area contributed by atoms with E-state index in [0.29, 0.717) is 18.2 Å². The molecule has 28 heavy (non-hydrogen) atoms. The molecule has 2 heterocycles. The molecule has 0 amide bonds. The van der Waals surface area contributed by atoms with Gasteiger partial charge >= 0.3 is 0 Å². The first kappa shape index (κ1) is 19.5. The van der Waals surface area contributed by atoms with Gasteiger partial charge in [-0.3, -0.25) is 9.36 Å². The first-order valence-corrected chi connectivity index (χ1v) is 11.6. The molecule has 0 unspecified atom stereocenters. The van der Waals surface area contributed by atoms with E-state index in [0.717, 1.165) is 46.7 Å². The van der Waals surface area contributed by atoms with Gasteiger partial charge in [-0.1, -0.05) is 11.8 Å². The smallest absolute Gasteiger partial charge is 0.267 e. The van der Waals surface area contributed by atoms with Crippen molar-refractivity contribution in [2.45, 2.75) is 44.2 Å². The summed E-state index contributed by atoms with van der Waals surface area (Å²) in [7, 11) is 0. The maximum Gasteiger partial charge on any atom is 0.267 e. The molecular weight excluding hydrogens is 392 g/mol. The van der Waals surface area contributed by atoms with Crippen LogP contribution < -0.4 is 10.3 Å². The molecule has 3 aromatic rings. The van der Waals surface area contributed by atoms with E-state index in [1.54, 1.807) is 15.9 Å². The third-order valence-electron chi connectivity index (χ3n) is 4.90. The Morgan fingerprint density at radius 1 is 1.25 bits per heavy atom. The summed E-state index contributed by atoms with van der Waals surface area (Å²) in [6.07, 6.45) is 5.00. The normalized spacial score (nSPS) is 13.6. The molecule has 148 valence electrons. The number of benzene rings is 1. The minimum Gasteiger partial charge on any atom is -0.494 e. The first-order chi connectivity index (χ1) is 13.7. The van der Waals surface area contributed by atoms with Gasteiger partial charge in [0.2, 0.25) is 0 Å². The maximum absolute atomic E-state index is 13.6. The number of thiophene rings is 1. The van der Waals surface area contributed by atoms with Crippen molar-refractivity contribution in [2.24, 2.45) is 0 Å². The lowest BCUT2D eigenvalue weighted by Gasteiger charge is -2.14. The molecule has 5 nitrogen and oxygen atoms in total. The van der Waals surface area contributed by atoms with Crippen LogP contribution in [0.25, 0.3) is 15.9 Å². The average Bonchev–Trinajstić information content (AvgIpc) is 3.08. The molecule has 1 aliphatic carbocycles. The zero-order valence-corrected chi connectivity index (χ0v) is 17.6. The Balaban J connectivity index is 1.86. The van der Waals surface area contributed by atoms with E-state index in [4.69, 9.17) is 14.8 Å². The zero-order valence-electron chi connectivity index (χ0n) is 15.9. The van der Waals surface area contributed by atoms with Crippen LogP contribution in [-0.4, -0.2) is 33.6 Å². The predicted molar refractivity (Wildman–Crippen MR) is 115 cm³/mol. The molecule has 0 spiro atoms. The molecule has 2 aromatic heterocycles. The SMILES string of the molecule is CCOc1ccc(-n2c(SCCCO)nc3sc4c(c3c2=O)CCCC4)cc1. The largest absolute Gasteiger partial charge is 0.494 e. The molecule has 1 aromatic carbocycles. The van der Waals surface area contributed by atoms with Crippen LogP contribution in [0.5, 0.6) is 5.75 Å². The standard InChI is InChI=1S/C21H24N2O3S2/c1-2-26-15-10-8-14(9-11-15)23-20(25)18-16-6-3-4-7-17(16)28-19(18)22-21(23)27-13-5-12-24/h8-11,24H,2-7,12-13H2,1H3. The molecule has 0 saturated carbocycles. The quantitative estimate of drug-likeness (QED) is 0.355. The number of aliphatic hydroxyl groups excluding tert-OH is 1. The molecule has 0 aliphatic heterocycles. The number of fused-ring (bicyclic) bond motifs is 3. The molecule has 0 bridgehead atoms. The van der Waals surface area contributed by atoms with Crippen LogP contribution in [0.4, 0.5) is 0 Å². The van der Waals surface area contributed by atoms with Crippen LogP contribution in [0.2, 0.25) is 0 Å². The summed E-state index contributed by atoms with van der Waals surface area (Å²) in [5.74, 6) is 1.51. The third-order valence-corrected chi connectivity index (χ3v) is 7.11. The molecule has 0 fully saturated rings. The number of nitrogens with zero attached hydrogens (tertiary/aromatic N) is 2. The predicted octanol–water partition coefficient (Wildman–Crippen LogP) is 4.20. The average molecular weight is 417 g/mol. The number of rotatable bonds is 7. The summed E-state index contributed by atoms with van der Waals surface area (Å²) in [5, 5.41) is 10.6. The summed E-state index contributed by atoms with van der Waals surface area (Å²) < 4.78 is 7.26. The van der Waals surface area contributed by atoms with E-state index in [1.807, 2.05) is 31.2 Å². The van der Waals surface area contributed by atoms with Crippen LogP contribution in [-0.2, 0) is 12.8 Å². The van der Waals surface area contributed by atoms with Gasteiger partial charge in [-0.05, 0) is 68.9 Å². The van der Waals surface area contributed by atoms with Gasteiger partial charge in [-0.2, -0.15) is 0 Å². The van der Waals surface area contributed by atoms with Crippen LogP contribution >= 0.6 is 23.1 Å². The van der Waals surface area contributed by atoms with Gasteiger partial charge in [0.1, 0.15) is 10.6 Å². The van der Waals surface area contributed by atoms with Gasteiger partial charge < -0.3 is 9.84 Å². The third kappa shape index (κ3) is 3.71. The van der Waals surface area contributed by atoms with E-state index in [2.05, 4.69) is 0 Å². The lowest BCUT2D eigenvalue weighted by atomic mass is 9.97. The molecule has 0 saturated heterocycles. The minimum absolute atomic E-state index is 0.0139. The summed E-state index contributed by atoms with van der Waals surface area (Å²) in [4.78, 5) is 20.6. The molecule has 1 aliphatic rings. The summed E-state index contributed by atoms with van der Waals surface area (Å²) >= 11 is 3.20. The number of thioether (sulfide) groups is 1. The lowest BCUT2D eigenvalue weighted by molar-refractivity contribution is 0.296. The van der Waals surface area contributed by atoms with E-state index >= 15 is 0 Å². The van der Waals surface area contributed by atoms with E-state index in [9.17, 15) is 4.79 Å². The Morgan fingerprint density at radius 3 is 2.79 bits per heavy atom.